The van der Waals surface area contributed by atoms with Gasteiger partial charge in [-0.1, -0.05) is 40.5 Å². The molecule has 2 heteroatoms. The van der Waals surface area contributed by atoms with Crippen molar-refractivity contribution in [3.8, 4) is 0 Å². The molecule has 0 radical (unpaired) electrons. The summed E-state index contributed by atoms with van der Waals surface area (Å²) in [7, 11) is 0. The average Bonchev–Trinajstić information content (AvgIpc) is 2.58. The summed E-state index contributed by atoms with van der Waals surface area (Å²) in [6, 6.07) is 0. The van der Waals surface area contributed by atoms with Crippen molar-refractivity contribution in [1.29, 1.82) is 0 Å². The number of carbonyl (C=O) groups is 1. The third-order valence-electron chi connectivity index (χ3n) is 1.55. The zero-order chi connectivity index (χ0) is 11.4. The maximum atomic E-state index is 10.6. The predicted octanol–water partition coefficient (Wildman–Crippen LogP) is 3.46. The van der Waals surface area contributed by atoms with Crippen molar-refractivity contribution >= 4 is 5.91 Å². The Morgan fingerprint density at radius 2 is 1.29 bits per heavy atom. The van der Waals surface area contributed by atoms with Crippen LogP contribution < -0.4 is 0 Å². The first-order chi connectivity index (χ1) is 6.63. The number of hydrogen-bond donors (Lipinski definition) is 0. The molecule has 1 rings (SSSR count). The molecule has 0 atom stereocenters. The van der Waals surface area contributed by atoms with Gasteiger partial charge < -0.3 is 4.90 Å². The van der Waals surface area contributed by atoms with E-state index in [4.69, 9.17) is 0 Å². The molecule has 0 aromatic carbocycles. The van der Waals surface area contributed by atoms with E-state index in [9.17, 15) is 4.79 Å². The van der Waals surface area contributed by atoms with Crippen molar-refractivity contribution in [1.82, 2.24) is 4.90 Å². The standard InChI is InChI=1S/C6H11NO.2C3H8/c1-6(8)7-4-2-3-5-7;2*1-3-2/h2-5H2,1H3;2*3H2,1-2H3. The quantitative estimate of drug-likeness (QED) is 0.587. The van der Waals surface area contributed by atoms with Gasteiger partial charge in [-0.25, -0.2) is 0 Å². The molecule has 1 fully saturated rings. The van der Waals surface area contributed by atoms with Crippen LogP contribution in [0.15, 0.2) is 0 Å². The monoisotopic (exact) mass is 201 g/mol. The number of likely N-dealkylation sites (tertiary alicyclic amines) is 1. The van der Waals surface area contributed by atoms with E-state index in [2.05, 4.69) is 27.7 Å². The first-order valence-electron chi connectivity index (χ1n) is 5.89. The first kappa shape index (κ1) is 15.9. The molecule has 0 spiro atoms. The van der Waals surface area contributed by atoms with Crippen LogP contribution in [-0.2, 0) is 4.79 Å². The van der Waals surface area contributed by atoms with E-state index in [1.807, 2.05) is 4.90 Å². The molecule has 86 valence electrons. The molecule has 14 heavy (non-hydrogen) atoms. The molecular weight excluding hydrogens is 174 g/mol. The number of amides is 1. The van der Waals surface area contributed by atoms with Gasteiger partial charge in [0, 0.05) is 20.0 Å². The zero-order valence-corrected chi connectivity index (χ0v) is 10.6. The van der Waals surface area contributed by atoms with E-state index in [-0.39, 0.29) is 5.91 Å². The van der Waals surface area contributed by atoms with Gasteiger partial charge in [-0.05, 0) is 12.8 Å². The second-order valence-corrected chi connectivity index (χ2v) is 3.63. The van der Waals surface area contributed by atoms with Gasteiger partial charge in [0.15, 0.2) is 0 Å². The normalized spacial score (nSPS) is 13.6. The Morgan fingerprint density at radius 3 is 1.43 bits per heavy atom. The Hall–Kier alpha value is -0.530. The summed E-state index contributed by atoms with van der Waals surface area (Å²) in [5.74, 6) is 0.225. The first-order valence-corrected chi connectivity index (χ1v) is 5.89. The van der Waals surface area contributed by atoms with Gasteiger partial charge in [-0.2, -0.15) is 0 Å². The van der Waals surface area contributed by atoms with Crippen molar-refractivity contribution in [3.63, 3.8) is 0 Å². The molecule has 1 heterocycles. The van der Waals surface area contributed by atoms with E-state index in [1.54, 1.807) is 6.92 Å². The van der Waals surface area contributed by atoms with Gasteiger partial charge in [0.05, 0.1) is 0 Å². The molecule has 0 unspecified atom stereocenters. The van der Waals surface area contributed by atoms with Crippen molar-refractivity contribution in [2.24, 2.45) is 0 Å². The smallest absolute Gasteiger partial charge is 0.219 e. The van der Waals surface area contributed by atoms with Gasteiger partial charge in [-0.3, -0.25) is 4.79 Å². The van der Waals surface area contributed by atoms with Crippen molar-refractivity contribution in [2.45, 2.75) is 60.3 Å². The third kappa shape index (κ3) is 11.5. The molecule has 1 saturated heterocycles. The van der Waals surface area contributed by atoms with E-state index >= 15 is 0 Å². The van der Waals surface area contributed by atoms with E-state index in [1.165, 1.54) is 25.7 Å². The van der Waals surface area contributed by atoms with Crippen LogP contribution in [0.4, 0.5) is 0 Å². The van der Waals surface area contributed by atoms with Crippen LogP contribution in [0.2, 0.25) is 0 Å². The lowest BCUT2D eigenvalue weighted by Crippen LogP contribution is -2.24. The van der Waals surface area contributed by atoms with Gasteiger partial charge in [0.25, 0.3) is 0 Å². The highest BCUT2D eigenvalue weighted by atomic mass is 16.2. The van der Waals surface area contributed by atoms with Gasteiger partial charge >= 0.3 is 0 Å². The molecule has 1 aliphatic heterocycles. The van der Waals surface area contributed by atoms with E-state index < -0.39 is 0 Å². The molecule has 1 aliphatic rings. The number of nitrogens with zero attached hydrogens (tertiary/aromatic N) is 1. The third-order valence-corrected chi connectivity index (χ3v) is 1.55. The minimum Gasteiger partial charge on any atom is -0.343 e. The van der Waals surface area contributed by atoms with E-state index in [0.717, 1.165) is 13.1 Å². The molecular formula is C12H27NO. The highest BCUT2D eigenvalue weighted by molar-refractivity contribution is 5.73. The maximum absolute atomic E-state index is 10.6. The lowest BCUT2D eigenvalue weighted by Gasteiger charge is -2.10. The summed E-state index contributed by atoms with van der Waals surface area (Å²) in [6.45, 7) is 12.1. The number of hydrogen-bond acceptors (Lipinski definition) is 1. The van der Waals surface area contributed by atoms with E-state index in [0.29, 0.717) is 0 Å². The number of carbonyl (C=O) groups excluding carboxylic acids is 1. The summed E-state index contributed by atoms with van der Waals surface area (Å²) in [4.78, 5) is 12.5. The number of rotatable bonds is 0. The van der Waals surface area contributed by atoms with Gasteiger partial charge in [-0.15, -0.1) is 0 Å². The largest absolute Gasteiger partial charge is 0.343 e. The Balaban J connectivity index is 0. The second kappa shape index (κ2) is 12.5. The molecule has 0 aliphatic carbocycles. The lowest BCUT2D eigenvalue weighted by atomic mass is 10.4. The molecule has 0 aromatic heterocycles. The Labute approximate surface area is 89.7 Å². The minimum absolute atomic E-state index is 0.225. The topological polar surface area (TPSA) is 20.3 Å². The summed E-state index contributed by atoms with van der Waals surface area (Å²) >= 11 is 0. The Morgan fingerprint density at radius 1 is 1.00 bits per heavy atom. The molecule has 0 bridgehead atoms. The summed E-state index contributed by atoms with van der Waals surface area (Å²) < 4.78 is 0. The molecule has 0 N–H and O–H groups in total. The minimum atomic E-state index is 0.225. The molecule has 0 saturated carbocycles. The van der Waals surface area contributed by atoms with Crippen LogP contribution in [-0.4, -0.2) is 23.9 Å². The molecule has 2 nitrogen and oxygen atoms in total. The average molecular weight is 201 g/mol. The van der Waals surface area contributed by atoms with Crippen LogP contribution in [0.5, 0.6) is 0 Å². The maximum Gasteiger partial charge on any atom is 0.219 e. The molecule has 0 aromatic rings. The van der Waals surface area contributed by atoms with Crippen LogP contribution in [0.1, 0.15) is 60.3 Å². The summed E-state index contributed by atoms with van der Waals surface area (Å²) in [5.41, 5.74) is 0. The van der Waals surface area contributed by atoms with Crippen molar-refractivity contribution in [3.05, 3.63) is 0 Å². The highest BCUT2D eigenvalue weighted by Crippen LogP contribution is 2.05. The second-order valence-electron chi connectivity index (χ2n) is 3.63. The van der Waals surface area contributed by atoms with Crippen LogP contribution in [0.3, 0.4) is 0 Å². The summed E-state index contributed by atoms with van der Waals surface area (Å²) in [5, 5.41) is 0. The predicted molar refractivity (Wildman–Crippen MR) is 63.4 cm³/mol. The SMILES string of the molecule is CC(=O)N1CCCC1.CCC.CCC. The Bertz CT molecular complexity index is 115. The Kier molecular flexibility index (Phi) is 14.2. The van der Waals surface area contributed by atoms with Crippen molar-refractivity contribution in [2.75, 3.05) is 13.1 Å². The van der Waals surface area contributed by atoms with Gasteiger partial charge in [0.1, 0.15) is 0 Å². The fourth-order valence-electron chi connectivity index (χ4n) is 1.03. The van der Waals surface area contributed by atoms with Crippen molar-refractivity contribution < 1.29 is 4.79 Å². The zero-order valence-electron chi connectivity index (χ0n) is 10.6. The van der Waals surface area contributed by atoms with Crippen LogP contribution >= 0.6 is 0 Å². The fraction of sp³-hybridized carbons (Fsp3) is 0.917. The lowest BCUT2D eigenvalue weighted by molar-refractivity contribution is -0.127. The van der Waals surface area contributed by atoms with Crippen LogP contribution in [0.25, 0.3) is 0 Å². The molecule has 1 amide bonds. The van der Waals surface area contributed by atoms with Crippen LogP contribution in [0, 0.1) is 0 Å². The fourth-order valence-corrected chi connectivity index (χ4v) is 1.03. The van der Waals surface area contributed by atoms with Gasteiger partial charge in [0.2, 0.25) is 5.91 Å². The highest BCUT2D eigenvalue weighted by Gasteiger charge is 2.12. The summed E-state index contributed by atoms with van der Waals surface area (Å²) in [6.07, 6.45) is 4.89.